The third kappa shape index (κ3) is 3.00. The predicted octanol–water partition coefficient (Wildman–Crippen LogP) is 2.02. The Labute approximate surface area is 122 Å². The summed E-state index contributed by atoms with van der Waals surface area (Å²) in [6.45, 7) is 0. The number of hydrogen-bond donors (Lipinski definition) is 1. The number of alkyl halides is 3. The zero-order valence-corrected chi connectivity index (χ0v) is 11.7. The van der Waals surface area contributed by atoms with E-state index in [1.54, 1.807) is 0 Å². The van der Waals surface area contributed by atoms with Crippen LogP contribution in [0.4, 0.5) is 35.9 Å². The van der Waals surface area contributed by atoms with Gasteiger partial charge in [0.05, 0.1) is 15.4 Å². The van der Waals surface area contributed by atoms with E-state index in [1.165, 1.54) is 26.2 Å². The molecular weight excluding hydrogens is 311 g/mol. The molecule has 122 valence electrons. The second-order valence-corrected chi connectivity index (χ2v) is 4.44. The van der Waals surface area contributed by atoms with Gasteiger partial charge in [0.1, 0.15) is 5.69 Å². The van der Waals surface area contributed by atoms with Gasteiger partial charge in [-0.25, -0.2) is 5.01 Å². The first-order valence-electron chi connectivity index (χ1n) is 5.63. The molecule has 22 heavy (non-hydrogen) atoms. The number of nitrogen functional groups attached to an aromatic ring is 1. The molecule has 0 bridgehead atoms. The maximum absolute atomic E-state index is 12.9. The van der Waals surface area contributed by atoms with Crippen molar-refractivity contribution in [2.75, 3.05) is 31.9 Å². The topological polar surface area (TPSA) is 119 Å². The Bertz CT molecular complexity index is 632. The number of hydrazine groups is 1. The molecule has 0 atom stereocenters. The number of hydrogen-bond acceptors (Lipinski definition) is 7. The largest absolute Gasteiger partial charge is 0.418 e. The van der Waals surface area contributed by atoms with E-state index in [0.717, 1.165) is 5.01 Å². The first-order valence-corrected chi connectivity index (χ1v) is 5.63. The van der Waals surface area contributed by atoms with Crippen molar-refractivity contribution in [2.45, 2.75) is 6.18 Å². The lowest BCUT2D eigenvalue weighted by Crippen LogP contribution is -2.34. The number of anilines is 2. The van der Waals surface area contributed by atoms with E-state index in [-0.39, 0.29) is 6.07 Å². The van der Waals surface area contributed by atoms with Gasteiger partial charge in [-0.1, -0.05) is 0 Å². The smallest absolute Gasteiger partial charge is 0.393 e. The van der Waals surface area contributed by atoms with Crippen molar-refractivity contribution in [1.82, 2.24) is 5.01 Å². The van der Waals surface area contributed by atoms with Crippen LogP contribution in [0.2, 0.25) is 0 Å². The van der Waals surface area contributed by atoms with Gasteiger partial charge in [-0.2, -0.15) is 13.2 Å². The molecule has 9 nitrogen and oxygen atoms in total. The minimum Gasteiger partial charge on any atom is -0.393 e. The molecule has 0 unspecified atom stereocenters. The SMILES string of the molecule is CN(C)N(C)c1c([N+](=O)[O-])cc(C(F)(F)F)c(N)c1[N+](=O)[O-]. The number of nitrogens with zero attached hydrogens (tertiary/aromatic N) is 4. The van der Waals surface area contributed by atoms with Gasteiger partial charge in [-0.15, -0.1) is 0 Å². The first-order chi connectivity index (χ1) is 9.89. The molecule has 0 heterocycles. The molecular formula is C10H12F3N5O4. The summed E-state index contributed by atoms with van der Waals surface area (Å²) in [4.78, 5) is 19.9. The maximum Gasteiger partial charge on any atom is 0.418 e. The lowest BCUT2D eigenvalue weighted by Gasteiger charge is -2.26. The summed E-state index contributed by atoms with van der Waals surface area (Å²) in [5.74, 6) is 0. The molecule has 1 aromatic rings. The van der Waals surface area contributed by atoms with E-state index >= 15 is 0 Å². The Hall–Kier alpha value is -2.63. The van der Waals surface area contributed by atoms with Gasteiger partial charge in [0.15, 0.2) is 0 Å². The highest BCUT2D eigenvalue weighted by Gasteiger charge is 2.42. The minimum absolute atomic E-state index is 0.192. The Balaban J connectivity index is 3.93. The number of nitro benzene ring substituents is 2. The van der Waals surface area contributed by atoms with E-state index in [4.69, 9.17) is 5.73 Å². The van der Waals surface area contributed by atoms with Crippen LogP contribution in [-0.4, -0.2) is 36.0 Å². The summed E-state index contributed by atoms with van der Waals surface area (Å²) in [5.41, 5.74) is -0.417. The van der Waals surface area contributed by atoms with E-state index in [0.29, 0.717) is 0 Å². The van der Waals surface area contributed by atoms with Crippen molar-refractivity contribution in [1.29, 1.82) is 0 Å². The minimum atomic E-state index is -5.06. The maximum atomic E-state index is 12.9. The van der Waals surface area contributed by atoms with Gasteiger partial charge in [0.25, 0.3) is 0 Å². The first kappa shape index (κ1) is 17.4. The molecule has 2 N–H and O–H groups in total. The summed E-state index contributed by atoms with van der Waals surface area (Å²) < 4.78 is 38.6. The van der Waals surface area contributed by atoms with Gasteiger partial charge >= 0.3 is 17.6 Å². The van der Waals surface area contributed by atoms with Crippen molar-refractivity contribution in [3.05, 3.63) is 31.9 Å². The number of rotatable bonds is 4. The van der Waals surface area contributed by atoms with E-state index in [9.17, 15) is 33.4 Å². The monoisotopic (exact) mass is 323 g/mol. The van der Waals surface area contributed by atoms with Crippen LogP contribution < -0.4 is 10.7 Å². The fourth-order valence-corrected chi connectivity index (χ4v) is 1.74. The quantitative estimate of drug-likeness (QED) is 0.511. The molecule has 0 radical (unpaired) electrons. The average Bonchev–Trinajstić information content (AvgIpc) is 2.34. The highest BCUT2D eigenvalue weighted by Crippen LogP contribution is 2.47. The van der Waals surface area contributed by atoms with Crippen LogP contribution in [0.5, 0.6) is 0 Å². The van der Waals surface area contributed by atoms with E-state index < -0.39 is 44.3 Å². The number of nitro groups is 2. The fourth-order valence-electron chi connectivity index (χ4n) is 1.74. The van der Waals surface area contributed by atoms with Crippen molar-refractivity contribution in [3.63, 3.8) is 0 Å². The highest BCUT2D eigenvalue weighted by atomic mass is 19.4. The third-order valence-electron chi connectivity index (χ3n) is 2.90. The molecule has 0 aliphatic rings. The van der Waals surface area contributed by atoms with Gasteiger partial charge in [0.2, 0.25) is 5.69 Å². The molecule has 1 rings (SSSR count). The molecule has 0 aromatic heterocycles. The van der Waals surface area contributed by atoms with Gasteiger partial charge in [-0.3, -0.25) is 25.2 Å². The standard InChI is InChI=1S/C10H12F3N5O4/c1-15(2)16(3)8-6(17(19)20)4-5(10(11,12)13)7(14)9(8)18(21)22/h4H,14H2,1-3H3. The Kier molecular flexibility index (Phi) is 4.46. The summed E-state index contributed by atoms with van der Waals surface area (Å²) >= 11 is 0. The van der Waals surface area contributed by atoms with Crippen LogP contribution >= 0.6 is 0 Å². The third-order valence-corrected chi connectivity index (χ3v) is 2.90. The molecule has 0 spiro atoms. The predicted molar refractivity (Wildman–Crippen MR) is 71.3 cm³/mol. The van der Waals surface area contributed by atoms with Crippen molar-refractivity contribution < 1.29 is 23.0 Å². The average molecular weight is 323 g/mol. The molecule has 0 aliphatic carbocycles. The Morgan fingerprint density at radius 2 is 1.64 bits per heavy atom. The summed E-state index contributed by atoms with van der Waals surface area (Å²) in [7, 11) is 4.03. The molecule has 0 fully saturated rings. The summed E-state index contributed by atoms with van der Waals surface area (Å²) in [6, 6.07) is 0.192. The zero-order valence-electron chi connectivity index (χ0n) is 11.7. The zero-order chi connectivity index (χ0) is 17.4. The van der Waals surface area contributed by atoms with Crippen LogP contribution in [0.25, 0.3) is 0 Å². The second-order valence-electron chi connectivity index (χ2n) is 4.44. The van der Waals surface area contributed by atoms with Crippen LogP contribution in [0.15, 0.2) is 6.07 Å². The fraction of sp³-hybridized carbons (Fsp3) is 0.400. The van der Waals surface area contributed by atoms with E-state index in [2.05, 4.69) is 0 Å². The molecule has 0 saturated heterocycles. The van der Waals surface area contributed by atoms with Gasteiger partial charge < -0.3 is 5.73 Å². The molecule has 1 aromatic carbocycles. The van der Waals surface area contributed by atoms with Crippen molar-refractivity contribution in [3.8, 4) is 0 Å². The lowest BCUT2D eigenvalue weighted by atomic mass is 10.1. The number of benzene rings is 1. The van der Waals surface area contributed by atoms with Gasteiger partial charge in [0, 0.05) is 27.2 Å². The second kappa shape index (κ2) is 5.63. The van der Waals surface area contributed by atoms with Crippen molar-refractivity contribution in [2.24, 2.45) is 0 Å². The van der Waals surface area contributed by atoms with Gasteiger partial charge in [-0.05, 0) is 0 Å². The van der Waals surface area contributed by atoms with E-state index in [1.807, 2.05) is 0 Å². The molecule has 0 saturated carbocycles. The van der Waals surface area contributed by atoms with Crippen LogP contribution in [0, 0.1) is 20.2 Å². The summed E-state index contributed by atoms with van der Waals surface area (Å²) in [6.07, 6.45) is -5.06. The summed E-state index contributed by atoms with van der Waals surface area (Å²) in [5, 5.41) is 24.3. The normalized spacial score (nSPS) is 11.6. The molecule has 0 amide bonds. The Morgan fingerprint density at radius 1 is 1.14 bits per heavy atom. The van der Waals surface area contributed by atoms with Crippen LogP contribution in [0.3, 0.4) is 0 Å². The molecule has 12 heteroatoms. The molecule has 0 aliphatic heterocycles. The van der Waals surface area contributed by atoms with Crippen LogP contribution in [-0.2, 0) is 6.18 Å². The number of halogens is 3. The number of nitrogens with two attached hydrogens (primary N) is 1. The lowest BCUT2D eigenvalue weighted by molar-refractivity contribution is -0.392. The Morgan fingerprint density at radius 3 is 1.95 bits per heavy atom. The van der Waals surface area contributed by atoms with Crippen LogP contribution in [0.1, 0.15) is 5.56 Å². The highest BCUT2D eigenvalue weighted by molar-refractivity contribution is 5.85. The van der Waals surface area contributed by atoms with Crippen molar-refractivity contribution >= 4 is 22.7 Å².